The van der Waals surface area contributed by atoms with E-state index < -0.39 is 6.03 Å². The van der Waals surface area contributed by atoms with Gasteiger partial charge in [0.2, 0.25) is 0 Å². The number of nitrogens with zero attached hydrogens (tertiary/aromatic N) is 2. The van der Waals surface area contributed by atoms with Gasteiger partial charge in [0.1, 0.15) is 5.75 Å². The van der Waals surface area contributed by atoms with Crippen molar-refractivity contribution in [3.05, 3.63) is 36.4 Å². The Morgan fingerprint density at radius 2 is 2.19 bits per heavy atom. The summed E-state index contributed by atoms with van der Waals surface area (Å²) in [5, 5.41) is 2.66. The summed E-state index contributed by atoms with van der Waals surface area (Å²) in [7, 11) is 0. The summed E-state index contributed by atoms with van der Waals surface area (Å²) in [6.07, 6.45) is 3.66. The number of thiol groups is 1. The molecule has 0 aliphatic heterocycles. The molecule has 0 fully saturated rings. The van der Waals surface area contributed by atoms with Gasteiger partial charge >= 0.3 is 6.03 Å². The molecule has 0 aliphatic rings. The monoisotopic (exact) mass is 306 g/mol. The molecule has 0 spiro atoms. The number of carbonyl (C=O) groups excluding carboxylic acids is 1. The highest BCUT2D eigenvalue weighted by Gasteiger charge is 2.11. The molecule has 6 nitrogen and oxygen atoms in total. The van der Waals surface area contributed by atoms with Crippen molar-refractivity contribution >= 4 is 24.5 Å². The minimum absolute atomic E-state index is 0.0160. The van der Waals surface area contributed by atoms with Gasteiger partial charge in [0.25, 0.3) is 0 Å². The number of amides is 2. The van der Waals surface area contributed by atoms with Crippen molar-refractivity contribution in [2.75, 3.05) is 5.32 Å². The predicted octanol–water partition coefficient (Wildman–Crippen LogP) is 2.93. The molecule has 0 bridgehead atoms. The Kier molecular flexibility index (Phi) is 4.74. The maximum atomic E-state index is 11.3. The molecule has 21 heavy (non-hydrogen) atoms. The Labute approximate surface area is 129 Å². The zero-order valence-electron chi connectivity index (χ0n) is 12.1. The van der Waals surface area contributed by atoms with Crippen molar-refractivity contribution in [1.29, 1.82) is 0 Å². The summed E-state index contributed by atoms with van der Waals surface area (Å²) >= 11 is 3.70. The lowest BCUT2D eigenvalue weighted by Crippen LogP contribution is -2.20. The lowest BCUT2D eigenvalue weighted by Gasteiger charge is -2.16. The number of benzene rings is 1. The van der Waals surface area contributed by atoms with E-state index in [1.807, 2.05) is 37.6 Å². The fraction of sp³-hybridized carbons (Fsp3) is 0.286. The molecule has 2 rings (SSSR count). The summed E-state index contributed by atoms with van der Waals surface area (Å²) in [5.41, 5.74) is 2.40. The van der Waals surface area contributed by atoms with Gasteiger partial charge in [-0.15, -0.1) is 0 Å². The molecular weight excluding hydrogens is 288 g/mol. The van der Waals surface area contributed by atoms with Gasteiger partial charge in [-0.05, 0) is 32.9 Å². The smallest absolute Gasteiger partial charge is 0.329 e. The number of carbonyl (C=O) groups is 1. The third kappa shape index (κ3) is 3.91. The highest BCUT2D eigenvalue weighted by molar-refractivity contribution is 7.78. The number of imidazole rings is 1. The molecule has 7 heteroatoms. The Morgan fingerprint density at radius 1 is 1.43 bits per heavy atom. The van der Waals surface area contributed by atoms with E-state index in [9.17, 15) is 4.79 Å². The van der Waals surface area contributed by atoms with Crippen LogP contribution in [-0.4, -0.2) is 21.7 Å². The van der Waals surface area contributed by atoms with Crippen LogP contribution < -0.4 is 14.8 Å². The van der Waals surface area contributed by atoms with Crippen molar-refractivity contribution in [3.8, 4) is 11.4 Å². The van der Waals surface area contributed by atoms with E-state index in [1.54, 1.807) is 18.5 Å². The number of nitrogens with one attached hydrogen (secondary N) is 2. The van der Waals surface area contributed by atoms with Crippen molar-refractivity contribution in [2.45, 2.75) is 26.9 Å². The van der Waals surface area contributed by atoms with Crippen molar-refractivity contribution in [1.82, 2.24) is 14.3 Å². The molecule has 2 aromatic rings. The molecule has 1 aromatic heterocycles. The van der Waals surface area contributed by atoms with Crippen LogP contribution in [0.15, 0.2) is 30.7 Å². The normalized spacial score (nSPS) is 10.5. The van der Waals surface area contributed by atoms with E-state index in [-0.39, 0.29) is 6.10 Å². The van der Waals surface area contributed by atoms with Crippen LogP contribution in [-0.2, 0) is 0 Å². The average molecular weight is 306 g/mol. The number of urea groups is 1. The molecule has 1 aromatic carbocycles. The SMILES string of the molecule is Cc1cn(-c2ccc(NC(=O)NS)cc2OC(C)C)cn1. The first-order chi connectivity index (χ1) is 9.99. The second-order valence-electron chi connectivity index (χ2n) is 4.84. The van der Waals surface area contributed by atoms with Gasteiger partial charge < -0.3 is 14.6 Å². The number of aromatic nitrogens is 2. The van der Waals surface area contributed by atoms with Crippen molar-refractivity contribution in [2.24, 2.45) is 0 Å². The summed E-state index contributed by atoms with van der Waals surface area (Å²) in [5.74, 6) is 0.666. The molecule has 2 amide bonds. The topological polar surface area (TPSA) is 68.2 Å². The van der Waals surface area contributed by atoms with Crippen molar-refractivity contribution in [3.63, 3.8) is 0 Å². The quantitative estimate of drug-likeness (QED) is 0.761. The van der Waals surface area contributed by atoms with E-state index in [1.165, 1.54) is 0 Å². The number of anilines is 1. The highest BCUT2D eigenvalue weighted by Crippen LogP contribution is 2.28. The van der Waals surface area contributed by atoms with E-state index in [4.69, 9.17) is 4.74 Å². The lowest BCUT2D eigenvalue weighted by atomic mass is 10.2. The maximum absolute atomic E-state index is 11.3. The van der Waals surface area contributed by atoms with Gasteiger partial charge in [0.15, 0.2) is 0 Å². The van der Waals surface area contributed by atoms with Crippen LogP contribution in [0.25, 0.3) is 5.69 Å². The molecule has 0 unspecified atom stereocenters. The van der Waals surface area contributed by atoms with E-state index in [0.29, 0.717) is 11.4 Å². The second-order valence-corrected chi connectivity index (χ2v) is 5.06. The van der Waals surface area contributed by atoms with E-state index in [2.05, 4.69) is 27.8 Å². The molecule has 0 saturated heterocycles. The standard InChI is InChI=1S/C14H18N4O2S/c1-9(2)20-13-6-11(16-14(19)17-21)4-5-12(13)18-7-10(3)15-8-18/h4-9,21H,1-3H3,(H2,16,17,19). The number of hydrogen-bond acceptors (Lipinski definition) is 4. The van der Waals surface area contributed by atoms with E-state index in [0.717, 1.165) is 11.4 Å². The van der Waals surface area contributed by atoms with Crippen LogP contribution in [0.1, 0.15) is 19.5 Å². The number of hydrogen-bond donors (Lipinski definition) is 3. The summed E-state index contributed by atoms with van der Waals surface area (Å²) in [4.78, 5) is 15.5. The van der Waals surface area contributed by atoms with Gasteiger partial charge in [-0.1, -0.05) is 12.8 Å². The maximum Gasteiger partial charge on any atom is 0.329 e. The molecule has 0 saturated carbocycles. The lowest BCUT2D eigenvalue weighted by molar-refractivity contribution is 0.242. The van der Waals surface area contributed by atoms with Crippen LogP contribution in [0.5, 0.6) is 5.75 Å². The number of rotatable bonds is 4. The van der Waals surface area contributed by atoms with Gasteiger partial charge in [0, 0.05) is 18.0 Å². The minimum atomic E-state index is -0.403. The van der Waals surface area contributed by atoms with Gasteiger partial charge in [-0.3, -0.25) is 4.72 Å². The Hall–Kier alpha value is -2.15. The largest absolute Gasteiger partial charge is 0.489 e. The van der Waals surface area contributed by atoms with Crippen LogP contribution >= 0.6 is 12.8 Å². The second kappa shape index (κ2) is 6.53. The molecule has 0 atom stereocenters. The predicted molar refractivity (Wildman–Crippen MR) is 85.2 cm³/mol. The first kappa shape index (κ1) is 15.2. The zero-order valence-corrected chi connectivity index (χ0v) is 13.0. The average Bonchev–Trinajstić information content (AvgIpc) is 2.84. The third-order valence-electron chi connectivity index (χ3n) is 2.67. The molecule has 1 heterocycles. The van der Waals surface area contributed by atoms with Crippen LogP contribution in [0.3, 0.4) is 0 Å². The first-order valence-corrected chi connectivity index (χ1v) is 6.97. The summed E-state index contributed by atoms with van der Waals surface area (Å²) in [6.45, 7) is 5.82. The fourth-order valence-electron chi connectivity index (χ4n) is 1.87. The Morgan fingerprint density at radius 3 is 2.76 bits per heavy atom. The number of aryl methyl sites for hydroxylation is 1. The molecular formula is C14H18N4O2S. The summed E-state index contributed by atoms with van der Waals surface area (Å²) < 4.78 is 9.92. The third-order valence-corrected chi connectivity index (χ3v) is 2.87. The first-order valence-electron chi connectivity index (χ1n) is 6.52. The van der Waals surface area contributed by atoms with Gasteiger partial charge in [-0.2, -0.15) is 0 Å². The summed E-state index contributed by atoms with van der Waals surface area (Å²) in [6, 6.07) is 5.03. The highest BCUT2D eigenvalue weighted by atomic mass is 32.1. The van der Waals surface area contributed by atoms with Gasteiger partial charge in [0.05, 0.1) is 23.8 Å². The van der Waals surface area contributed by atoms with Crippen LogP contribution in [0.2, 0.25) is 0 Å². The fourth-order valence-corrected chi connectivity index (χ4v) is 1.92. The number of ether oxygens (including phenoxy) is 1. The Bertz CT molecular complexity index is 640. The van der Waals surface area contributed by atoms with Crippen molar-refractivity contribution < 1.29 is 9.53 Å². The van der Waals surface area contributed by atoms with E-state index >= 15 is 0 Å². The van der Waals surface area contributed by atoms with Gasteiger partial charge in [-0.25, -0.2) is 9.78 Å². The van der Waals surface area contributed by atoms with Crippen LogP contribution in [0, 0.1) is 6.92 Å². The molecule has 0 radical (unpaired) electrons. The minimum Gasteiger partial charge on any atom is -0.489 e. The Balaban J connectivity index is 2.38. The molecule has 2 N–H and O–H groups in total. The molecule has 112 valence electrons. The zero-order chi connectivity index (χ0) is 15.4. The molecule has 0 aliphatic carbocycles. The van der Waals surface area contributed by atoms with Crippen LogP contribution in [0.4, 0.5) is 10.5 Å².